The summed E-state index contributed by atoms with van der Waals surface area (Å²) in [6.07, 6.45) is 0.701. The van der Waals surface area contributed by atoms with Crippen molar-refractivity contribution >= 4 is 17.7 Å². The second-order valence-electron chi connectivity index (χ2n) is 9.31. The molecule has 8 nitrogen and oxygen atoms in total. The van der Waals surface area contributed by atoms with Crippen LogP contribution in [0.5, 0.6) is 0 Å². The third-order valence-corrected chi connectivity index (χ3v) is 6.74. The highest BCUT2D eigenvalue weighted by molar-refractivity contribution is 6.01. The van der Waals surface area contributed by atoms with Crippen molar-refractivity contribution in [3.8, 4) is 0 Å². The maximum Gasteiger partial charge on any atom is 0.272 e. The van der Waals surface area contributed by atoms with Crippen LogP contribution in [0.1, 0.15) is 50.2 Å². The molecule has 0 spiro atoms. The van der Waals surface area contributed by atoms with Crippen LogP contribution in [0.25, 0.3) is 0 Å². The molecule has 0 saturated heterocycles. The van der Waals surface area contributed by atoms with Gasteiger partial charge in [0.2, 0.25) is 5.91 Å². The van der Waals surface area contributed by atoms with E-state index in [9.17, 15) is 14.4 Å². The fourth-order valence-electron chi connectivity index (χ4n) is 4.21. The van der Waals surface area contributed by atoms with Gasteiger partial charge in [-0.1, -0.05) is 54.1 Å². The smallest absolute Gasteiger partial charge is 0.272 e. The Morgan fingerprint density at radius 3 is 2.49 bits per heavy atom. The molecule has 35 heavy (non-hydrogen) atoms. The zero-order valence-electron chi connectivity index (χ0n) is 20.6. The summed E-state index contributed by atoms with van der Waals surface area (Å²) >= 11 is 0. The standard InChI is InChI=1S/C27H31N5O3/c1-18-9-11-20(12-10-18)16-29-26(35)27(3)17-32-23(25(34)31(27)4)15-22(30-32)24(33)28-14-13-21-8-6-5-7-19(21)2/h5-12,15H,13-14,16-17H2,1-4H3,(H,28,33)(H,29,35). The van der Waals surface area contributed by atoms with E-state index in [1.165, 1.54) is 26.8 Å². The van der Waals surface area contributed by atoms with Crippen LogP contribution in [-0.2, 0) is 24.3 Å². The Bertz CT molecular complexity index is 1260. The number of nitrogens with one attached hydrogen (secondary N) is 2. The summed E-state index contributed by atoms with van der Waals surface area (Å²) in [6.45, 7) is 6.72. The summed E-state index contributed by atoms with van der Waals surface area (Å²) in [5.41, 5.74) is 3.78. The SMILES string of the molecule is Cc1ccc(CNC(=O)C2(C)Cn3nc(C(=O)NCCc4ccccc4C)cc3C(=O)N2C)cc1. The largest absolute Gasteiger partial charge is 0.350 e. The van der Waals surface area contributed by atoms with Gasteiger partial charge in [0.25, 0.3) is 11.8 Å². The third-order valence-electron chi connectivity index (χ3n) is 6.74. The summed E-state index contributed by atoms with van der Waals surface area (Å²) in [5.74, 6) is -0.975. The topological polar surface area (TPSA) is 96.3 Å². The minimum atomic E-state index is -1.14. The molecule has 4 rings (SSSR count). The van der Waals surface area contributed by atoms with Crippen LogP contribution in [0.3, 0.4) is 0 Å². The van der Waals surface area contributed by atoms with Gasteiger partial charge in [-0.15, -0.1) is 0 Å². The van der Waals surface area contributed by atoms with Crippen molar-refractivity contribution in [3.63, 3.8) is 0 Å². The number of carbonyl (C=O) groups is 3. The monoisotopic (exact) mass is 473 g/mol. The van der Waals surface area contributed by atoms with E-state index >= 15 is 0 Å². The van der Waals surface area contributed by atoms with Gasteiger partial charge in [0.15, 0.2) is 5.69 Å². The molecular weight excluding hydrogens is 442 g/mol. The molecule has 1 aromatic heterocycles. The first-order chi connectivity index (χ1) is 16.7. The molecule has 1 atom stereocenters. The Balaban J connectivity index is 1.42. The molecule has 0 saturated carbocycles. The van der Waals surface area contributed by atoms with Gasteiger partial charge in [0.1, 0.15) is 11.2 Å². The molecule has 0 bridgehead atoms. The van der Waals surface area contributed by atoms with Gasteiger partial charge >= 0.3 is 0 Å². The molecule has 182 valence electrons. The number of rotatable bonds is 7. The van der Waals surface area contributed by atoms with Gasteiger partial charge in [-0.05, 0) is 43.9 Å². The van der Waals surface area contributed by atoms with Crippen molar-refractivity contribution in [3.05, 3.63) is 88.2 Å². The van der Waals surface area contributed by atoms with Crippen molar-refractivity contribution in [1.29, 1.82) is 0 Å². The number of hydrogen-bond donors (Lipinski definition) is 2. The Morgan fingerprint density at radius 2 is 1.77 bits per heavy atom. The molecule has 1 aliphatic rings. The lowest BCUT2D eigenvalue weighted by Crippen LogP contribution is -2.62. The van der Waals surface area contributed by atoms with Crippen LogP contribution >= 0.6 is 0 Å². The summed E-state index contributed by atoms with van der Waals surface area (Å²) in [5, 5.41) is 10.2. The van der Waals surface area contributed by atoms with Crippen molar-refractivity contribution in [2.75, 3.05) is 13.6 Å². The lowest BCUT2D eigenvalue weighted by molar-refractivity contribution is -0.132. The molecule has 2 heterocycles. The highest BCUT2D eigenvalue weighted by Gasteiger charge is 2.46. The fraction of sp³-hybridized carbons (Fsp3) is 0.333. The van der Waals surface area contributed by atoms with Crippen LogP contribution in [-0.4, -0.2) is 51.5 Å². The quantitative estimate of drug-likeness (QED) is 0.551. The molecule has 0 radical (unpaired) electrons. The average Bonchev–Trinajstić information content (AvgIpc) is 3.27. The van der Waals surface area contributed by atoms with Crippen LogP contribution in [0.2, 0.25) is 0 Å². The number of benzene rings is 2. The minimum absolute atomic E-state index is 0.154. The first-order valence-corrected chi connectivity index (χ1v) is 11.7. The predicted molar refractivity (Wildman–Crippen MR) is 133 cm³/mol. The van der Waals surface area contributed by atoms with Gasteiger partial charge < -0.3 is 15.5 Å². The zero-order valence-corrected chi connectivity index (χ0v) is 20.6. The van der Waals surface area contributed by atoms with Gasteiger partial charge in [-0.25, -0.2) is 0 Å². The van der Waals surface area contributed by atoms with E-state index in [2.05, 4.69) is 15.7 Å². The van der Waals surface area contributed by atoms with Crippen molar-refractivity contribution in [2.45, 2.75) is 45.8 Å². The molecule has 8 heteroatoms. The molecule has 1 aliphatic heterocycles. The fourth-order valence-corrected chi connectivity index (χ4v) is 4.21. The summed E-state index contributed by atoms with van der Waals surface area (Å²) in [4.78, 5) is 40.4. The number of fused-ring (bicyclic) bond motifs is 1. The van der Waals surface area contributed by atoms with E-state index in [0.717, 1.165) is 11.1 Å². The summed E-state index contributed by atoms with van der Waals surface area (Å²) < 4.78 is 1.46. The number of likely N-dealkylation sites (N-methyl/N-ethyl adjacent to an activating group) is 1. The van der Waals surface area contributed by atoms with Crippen LogP contribution < -0.4 is 10.6 Å². The Kier molecular flexibility index (Phi) is 6.73. The molecule has 3 aromatic rings. The number of aryl methyl sites for hydroxylation is 2. The number of amides is 3. The maximum atomic E-state index is 13.1. The molecule has 3 amide bonds. The molecule has 1 unspecified atom stereocenters. The predicted octanol–water partition coefficient (Wildman–Crippen LogP) is 2.63. The normalized spacial score (nSPS) is 17.1. The van der Waals surface area contributed by atoms with Crippen molar-refractivity contribution < 1.29 is 14.4 Å². The van der Waals surface area contributed by atoms with E-state index < -0.39 is 5.54 Å². The average molecular weight is 474 g/mol. The zero-order chi connectivity index (χ0) is 25.2. The molecular formula is C27H31N5O3. The molecule has 2 aromatic carbocycles. The Hall–Kier alpha value is -3.94. The number of nitrogens with zero attached hydrogens (tertiary/aromatic N) is 3. The van der Waals surface area contributed by atoms with E-state index in [-0.39, 0.29) is 30.0 Å². The van der Waals surface area contributed by atoms with E-state index in [1.807, 2.05) is 62.4 Å². The number of aromatic nitrogens is 2. The summed E-state index contributed by atoms with van der Waals surface area (Å²) in [6, 6.07) is 17.4. The second-order valence-corrected chi connectivity index (χ2v) is 9.31. The van der Waals surface area contributed by atoms with Gasteiger partial charge in [-0.3, -0.25) is 19.1 Å². The minimum Gasteiger partial charge on any atom is -0.350 e. The maximum absolute atomic E-state index is 13.1. The van der Waals surface area contributed by atoms with E-state index in [4.69, 9.17) is 0 Å². The van der Waals surface area contributed by atoms with Crippen LogP contribution in [0.15, 0.2) is 54.6 Å². The highest BCUT2D eigenvalue weighted by atomic mass is 16.2. The van der Waals surface area contributed by atoms with Gasteiger partial charge in [-0.2, -0.15) is 5.10 Å². The molecule has 2 N–H and O–H groups in total. The lowest BCUT2D eigenvalue weighted by atomic mass is 9.95. The highest BCUT2D eigenvalue weighted by Crippen LogP contribution is 2.26. The lowest BCUT2D eigenvalue weighted by Gasteiger charge is -2.40. The molecule has 0 fully saturated rings. The van der Waals surface area contributed by atoms with Crippen molar-refractivity contribution in [1.82, 2.24) is 25.3 Å². The molecule has 0 aliphatic carbocycles. The van der Waals surface area contributed by atoms with E-state index in [1.54, 1.807) is 14.0 Å². The van der Waals surface area contributed by atoms with Crippen LogP contribution in [0.4, 0.5) is 0 Å². The van der Waals surface area contributed by atoms with Gasteiger partial charge in [0, 0.05) is 26.2 Å². The Labute approximate surface area is 205 Å². The van der Waals surface area contributed by atoms with E-state index in [0.29, 0.717) is 25.2 Å². The van der Waals surface area contributed by atoms with Crippen LogP contribution in [0, 0.1) is 13.8 Å². The number of carbonyl (C=O) groups excluding carboxylic acids is 3. The van der Waals surface area contributed by atoms with Crippen molar-refractivity contribution in [2.24, 2.45) is 0 Å². The summed E-state index contributed by atoms with van der Waals surface area (Å²) in [7, 11) is 1.60. The number of hydrogen-bond acceptors (Lipinski definition) is 4. The first kappa shape index (κ1) is 24.2. The second kappa shape index (κ2) is 9.74. The third kappa shape index (κ3) is 4.96. The Morgan fingerprint density at radius 1 is 1.06 bits per heavy atom. The first-order valence-electron chi connectivity index (χ1n) is 11.7. The van der Waals surface area contributed by atoms with Gasteiger partial charge in [0.05, 0.1) is 6.54 Å².